The molecule has 2 amide bonds. The maximum Gasteiger partial charge on any atom is 0.260 e. The average molecular weight is 359 g/mol. The SMILES string of the molecule is CC(C)c1ccc(OCC(=O)N2CC(N3CCC(C(N)=O)CC3)C2)cc1. The van der Waals surface area contributed by atoms with E-state index >= 15 is 0 Å². The highest BCUT2D eigenvalue weighted by atomic mass is 16.5. The van der Waals surface area contributed by atoms with Gasteiger partial charge in [0.25, 0.3) is 5.91 Å². The summed E-state index contributed by atoms with van der Waals surface area (Å²) < 4.78 is 5.62. The van der Waals surface area contributed by atoms with Gasteiger partial charge >= 0.3 is 0 Å². The third kappa shape index (κ3) is 4.36. The summed E-state index contributed by atoms with van der Waals surface area (Å²) in [5.74, 6) is 1.07. The largest absolute Gasteiger partial charge is 0.484 e. The minimum atomic E-state index is -0.186. The van der Waals surface area contributed by atoms with Crippen LogP contribution in [0.2, 0.25) is 0 Å². The van der Waals surface area contributed by atoms with E-state index in [0.29, 0.717) is 12.0 Å². The predicted molar refractivity (Wildman–Crippen MR) is 99.9 cm³/mol. The molecule has 0 bridgehead atoms. The summed E-state index contributed by atoms with van der Waals surface area (Å²) in [5, 5.41) is 0. The van der Waals surface area contributed by atoms with E-state index in [0.717, 1.165) is 44.8 Å². The number of carbonyl (C=O) groups is 2. The first-order chi connectivity index (χ1) is 12.4. The number of likely N-dealkylation sites (tertiary alicyclic amines) is 2. The molecule has 142 valence electrons. The molecule has 1 aromatic carbocycles. The molecule has 1 aromatic rings. The van der Waals surface area contributed by atoms with E-state index in [2.05, 4.69) is 18.7 Å². The molecule has 0 atom stereocenters. The Balaban J connectivity index is 1.38. The van der Waals surface area contributed by atoms with Gasteiger partial charge in [-0.15, -0.1) is 0 Å². The van der Waals surface area contributed by atoms with Gasteiger partial charge in [-0.05, 0) is 49.5 Å². The zero-order valence-corrected chi connectivity index (χ0v) is 15.7. The first-order valence-electron chi connectivity index (χ1n) is 9.48. The normalized spacial score (nSPS) is 19.4. The standard InChI is InChI=1S/C20H29N3O3/c1-14(2)15-3-5-18(6-4-15)26-13-19(24)23-11-17(12-23)22-9-7-16(8-10-22)20(21)25/h3-6,14,16-17H,7-13H2,1-2H3,(H2,21,25). The van der Waals surface area contributed by atoms with Gasteiger partial charge in [0.2, 0.25) is 5.91 Å². The van der Waals surface area contributed by atoms with Gasteiger partial charge < -0.3 is 15.4 Å². The molecule has 0 spiro atoms. The maximum absolute atomic E-state index is 12.3. The second kappa shape index (κ2) is 8.08. The van der Waals surface area contributed by atoms with E-state index in [-0.39, 0.29) is 24.3 Å². The van der Waals surface area contributed by atoms with Crippen molar-refractivity contribution in [2.75, 3.05) is 32.8 Å². The average Bonchev–Trinajstić information content (AvgIpc) is 2.59. The van der Waals surface area contributed by atoms with Crippen LogP contribution in [0, 0.1) is 5.92 Å². The first-order valence-corrected chi connectivity index (χ1v) is 9.48. The lowest BCUT2D eigenvalue weighted by Crippen LogP contribution is -2.63. The van der Waals surface area contributed by atoms with Crippen LogP contribution < -0.4 is 10.5 Å². The van der Waals surface area contributed by atoms with Gasteiger partial charge in [-0.25, -0.2) is 0 Å². The van der Waals surface area contributed by atoms with Crippen LogP contribution in [0.25, 0.3) is 0 Å². The van der Waals surface area contributed by atoms with Crippen molar-refractivity contribution in [2.24, 2.45) is 11.7 Å². The lowest BCUT2D eigenvalue weighted by Gasteiger charge is -2.47. The lowest BCUT2D eigenvalue weighted by atomic mass is 9.94. The molecule has 0 radical (unpaired) electrons. The fraction of sp³-hybridized carbons (Fsp3) is 0.600. The highest BCUT2D eigenvalue weighted by Gasteiger charge is 2.37. The van der Waals surface area contributed by atoms with Gasteiger partial charge in [0.05, 0.1) is 0 Å². The third-order valence-electron chi connectivity index (χ3n) is 5.57. The number of primary amides is 1. The highest BCUT2D eigenvalue weighted by molar-refractivity contribution is 5.79. The molecule has 6 heteroatoms. The van der Waals surface area contributed by atoms with E-state index in [1.165, 1.54) is 5.56 Å². The molecule has 2 fully saturated rings. The Bertz CT molecular complexity index is 630. The van der Waals surface area contributed by atoms with Crippen molar-refractivity contribution in [3.8, 4) is 5.75 Å². The Labute approximate surface area is 155 Å². The summed E-state index contributed by atoms with van der Waals surface area (Å²) in [6, 6.07) is 8.33. The highest BCUT2D eigenvalue weighted by Crippen LogP contribution is 2.23. The van der Waals surface area contributed by atoms with E-state index in [4.69, 9.17) is 10.5 Å². The van der Waals surface area contributed by atoms with Gasteiger partial charge in [-0.3, -0.25) is 14.5 Å². The van der Waals surface area contributed by atoms with Gasteiger partial charge in [-0.1, -0.05) is 26.0 Å². The molecule has 2 saturated heterocycles. The monoisotopic (exact) mass is 359 g/mol. The zero-order chi connectivity index (χ0) is 18.7. The van der Waals surface area contributed by atoms with Gasteiger partial charge in [-0.2, -0.15) is 0 Å². The maximum atomic E-state index is 12.3. The van der Waals surface area contributed by atoms with Crippen LogP contribution in [0.4, 0.5) is 0 Å². The molecule has 26 heavy (non-hydrogen) atoms. The van der Waals surface area contributed by atoms with Crippen LogP contribution in [0.3, 0.4) is 0 Å². The van der Waals surface area contributed by atoms with E-state index in [1.807, 2.05) is 29.2 Å². The number of rotatable bonds is 6. The van der Waals surface area contributed by atoms with Crippen molar-refractivity contribution < 1.29 is 14.3 Å². The van der Waals surface area contributed by atoms with Crippen LogP contribution in [-0.4, -0.2) is 60.4 Å². The fourth-order valence-electron chi connectivity index (χ4n) is 3.62. The molecule has 0 unspecified atom stereocenters. The van der Waals surface area contributed by atoms with Crippen molar-refractivity contribution in [1.82, 2.24) is 9.80 Å². The fourth-order valence-corrected chi connectivity index (χ4v) is 3.62. The molecular formula is C20H29N3O3. The topological polar surface area (TPSA) is 75.9 Å². The van der Waals surface area contributed by atoms with E-state index in [9.17, 15) is 9.59 Å². The number of hydrogen-bond donors (Lipinski definition) is 1. The Morgan fingerprint density at radius 1 is 1.15 bits per heavy atom. The van der Waals surface area contributed by atoms with Gasteiger partial charge in [0.15, 0.2) is 6.61 Å². The molecule has 2 heterocycles. The molecular weight excluding hydrogens is 330 g/mol. The lowest BCUT2D eigenvalue weighted by molar-refractivity contribution is -0.141. The quantitative estimate of drug-likeness (QED) is 0.837. The van der Waals surface area contributed by atoms with Crippen LogP contribution in [0.1, 0.15) is 38.2 Å². The Morgan fingerprint density at radius 3 is 2.31 bits per heavy atom. The van der Waals surface area contributed by atoms with Crippen LogP contribution in [0.15, 0.2) is 24.3 Å². The Hall–Kier alpha value is -2.08. The first kappa shape index (κ1) is 18.7. The van der Waals surface area contributed by atoms with Crippen LogP contribution >= 0.6 is 0 Å². The predicted octanol–water partition coefficient (Wildman–Crippen LogP) is 1.60. The zero-order valence-electron chi connectivity index (χ0n) is 15.7. The van der Waals surface area contributed by atoms with Crippen molar-refractivity contribution in [1.29, 1.82) is 0 Å². The molecule has 2 aliphatic heterocycles. The number of piperidine rings is 1. The van der Waals surface area contributed by atoms with Crippen molar-refractivity contribution >= 4 is 11.8 Å². The molecule has 0 saturated carbocycles. The van der Waals surface area contributed by atoms with E-state index < -0.39 is 0 Å². The minimum absolute atomic E-state index is 0.0135. The summed E-state index contributed by atoms with van der Waals surface area (Å²) in [5.41, 5.74) is 6.64. The number of amides is 2. The summed E-state index contributed by atoms with van der Waals surface area (Å²) in [6.07, 6.45) is 1.66. The number of carbonyl (C=O) groups excluding carboxylic acids is 2. The number of benzene rings is 1. The summed E-state index contributed by atoms with van der Waals surface area (Å²) in [7, 11) is 0. The minimum Gasteiger partial charge on any atom is -0.484 e. The second-order valence-corrected chi connectivity index (χ2v) is 7.68. The number of ether oxygens (including phenoxy) is 1. The van der Waals surface area contributed by atoms with Gasteiger partial charge in [0, 0.05) is 25.0 Å². The molecule has 0 aliphatic carbocycles. The van der Waals surface area contributed by atoms with Crippen molar-refractivity contribution in [3.05, 3.63) is 29.8 Å². The number of nitrogens with zero attached hydrogens (tertiary/aromatic N) is 2. The van der Waals surface area contributed by atoms with E-state index in [1.54, 1.807) is 0 Å². The smallest absolute Gasteiger partial charge is 0.260 e. The molecule has 2 N–H and O–H groups in total. The van der Waals surface area contributed by atoms with Crippen molar-refractivity contribution in [3.63, 3.8) is 0 Å². The molecule has 6 nitrogen and oxygen atoms in total. The summed E-state index contributed by atoms with van der Waals surface area (Å²) >= 11 is 0. The summed E-state index contributed by atoms with van der Waals surface area (Å²) in [6.45, 7) is 7.65. The third-order valence-corrected chi connectivity index (χ3v) is 5.57. The second-order valence-electron chi connectivity index (χ2n) is 7.68. The number of hydrogen-bond acceptors (Lipinski definition) is 4. The number of nitrogens with two attached hydrogens (primary N) is 1. The molecule has 3 rings (SSSR count). The van der Waals surface area contributed by atoms with Gasteiger partial charge in [0.1, 0.15) is 5.75 Å². The Kier molecular flexibility index (Phi) is 5.81. The summed E-state index contributed by atoms with van der Waals surface area (Å²) in [4.78, 5) is 27.7. The molecule has 2 aliphatic rings. The van der Waals surface area contributed by atoms with Crippen LogP contribution in [-0.2, 0) is 9.59 Å². The Morgan fingerprint density at radius 2 is 1.77 bits per heavy atom. The van der Waals surface area contributed by atoms with Crippen molar-refractivity contribution in [2.45, 2.75) is 38.6 Å². The molecule has 0 aromatic heterocycles. The van der Waals surface area contributed by atoms with Crippen LogP contribution in [0.5, 0.6) is 5.75 Å².